The molecule has 1 aromatic carbocycles. The van der Waals surface area contributed by atoms with Gasteiger partial charge < -0.3 is 15.8 Å². The molecule has 0 heterocycles. The van der Waals surface area contributed by atoms with Gasteiger partial charge in [-0.05, 0) is 24.6 Å². The molecule has 0 spiro atoms. The van der Waals surface area contributed by atoms with Crippen molar-refractivity contribution in [1.29, 1.82) is 0 Å². The Hall–Kier alpha value is -1.26. The van der Waals surface area contributed by atoms with Crippen molar-refractivity contribution >= 4 is 17.5 Å². The van der Waals surface area contributed by atoms with E-state index in [1.807, 2.05) is 6.92 Å². The number of nitrogens with one attached hydrogen (secondary N) is 1. The fourth-order valence-electron chi connectivity index (χ4n) is 1.45. The summed E-state index contributed by atoms with van der Waals surface area (Å²) in [6, 6.07) is 3.33. The molecular formula is C11H15ClN2O2. The van der Waals surface area contributed by atoms with E-state index in [0.717, 1.165) is 5.56 Å². The van der Waals surface area contributed by atoms with Crippen LogP contribution in [0.2, 0.25) is 5.02 Å². The Labute approximate surface area is 99.7 Å². The van der Waals surface area contributed by atoms with Gasteiger partial charge >= 0.3 is 0 Å². The summed E-state index contributed by atoms with van der Waals surface area (Å²) in [5, 5.41) is 3.19. The first-order chi connectivity index (χ1) is 7.60. The van der Waals surface area contributed by atoms with Gasteiger partial charge in [-0.25, -0.2) is 0 Å². The standard InChI is InChI=1S/C11H15ClN2O2/c1-7-5-8(12)6-9(10(7)16-2)11(15)14-4-3-13/h5-6H,3-4,13H2,1-2H3,(H,14,15). The molecule has 0 aromatic heterocycles. The highest BCUT2D eigenvalue weighted by atomic mass is 35.5. The van der Waals surface area contributed by atoms with E-state index in [2.05, 4.69) is 5.32 Å². The molecular weight excluding hydrogens is 228 g/mol. The Morgan fingerprint density at radius 1 is 1.56 bits per heavy atom. The first-order valence-electron chi connectivity index (χ1n) is 4.92. The minimum absolute atomic E-state index is 0.229. The maximum atomic E-state index is 11.8. The Morgan fingerprint density at radius 2 is 2.25 bits per heavy atom. The average molecular weight is 243 g/mol. The van der Waals surface area contributed by atoms with E-state index in [1.165, 1.54) is 7.11 Å². The maximum Gasteiger partial charge on any atom is 0.255 e. The molecule has 0 saturated carbocycles. The summed E-state index contributed by atoms with van der Waals surface area (Å²) in [7, 11) is 1.52. The predicted octanol–water partition coefficient (Wildman–Crippen LogP) is 1.35. The summed E-state index contributed by atoms with van der Waals surface area (Å²) in [5.41, 5.74) is 6.57. The van der Waals surface area contributed by atoms with Crippen LogP contribution in [0.3, 0.4) is 0 Å². The molecule has 1 amide bonds. The SMILES string of the molecule is COc1c(C)cc(Cl)cc1C(=O)NCCN. The van der Waals surface area contributed by atoms with Crippen LogP contribution in [0.15, 0.2) is 12.1 Å². The summed E-state index contributed by atoms with van der Waals surface area (Å²) in [6.07, 6.45) is 0. The van der Waals surface area contributed by atoms with Crippen molar-refractivity contribution in [3.8, 4) is 5.75 Å². The van der Waals surface area contributed by atoms with Crippen LogP contribution in [-0.2, 0) is 0 Å². The lowest BCUT2D eigenvalue weighted by Crippen LogP contribution is -2.29. The summed E-state index contributed by atoms with van der Waals surface area (Å²) < 4.78 is 5.18. The molecule has 0 saturated heterocycles. The van der Waals surface area contributed by atoms with Gasteiger partial charge in [0.15, 0.2) is 0 Å². The van der Waals surface area contributed by atoms with E-state index in [9.17, 15) is 4.79 Å². The molecule has 5 heteroatoms. The summed E-state index contributed by atoms with van der Waals surface area (Å²) in [6.45, 7) is 2.66. The number of nitrogens with two attached hydrogens (primary N) is 1. The van der Waals surface area contributed by atoms with Gasteiger partial charge in [0.2, 0.25) is 0 Å². The van der Waals surface area contributed by atoms with Crippen molar-refractivity contribution in [2.24, 2.45) is 5.73 Å². The number of ether oxygens (including phenoxy) is 1. The van der Waals surface area contributed by atoms with Gasteiger partial charge in [0.25, 0.3) is 5.91 Å². The predicted molar refractivity (Wildman–Crippen MR) is 64.1 cm³/mol. The first kappa shape index (κ1) is 12.8. The number of methoxy groups -OCH3 is 1. The zero-order valence-corrected chi connectivity index (χ0v) is 10.1. The molecule has 1 aromatic rings. The van der Waals surface area contributed by atoms with Gasteiger partial charge in [0, 0.05) is 18.1 Å². The molecule has 0 atom stereocenters. The normalized spacial score (nSPS) is 10.0. The summed E-state index contributed by atoms with van der Waals surface area (Å²) in [5.74, 6) is 0.312. The Morgan fingerprint density at radius 3 is 2.81 bits per heavy atom. The van der Waals surface area contributed by atoms with E-state index < -0.39 is 0 Å². The summed E-state index contributed by atoms with van der Waals surface area (Å²) in [4.78, 5) is 11.8. The van der Waals surface area contributed by atoms with E-state index in [1.54, 1.807) is 12.1 Å². The average Bonchev–Trinajstić information content (AvgIpc) is 2.24. The van der Waals surface area contributed by atoms with Crippen LogP contribution in [-0.4, -0.2) is 26.1 Å². The van der Waals surface area contributed by atoms with Crippen molar-refractivity contribution in [1.82, 2.24) is 5.32 Å². The van der Waals surface area contributed by atoms with E-state index in [-0.39, 0.29) is 5.91 Å². The monoisotopic (exact) mass is 242 g/mol. The number of halogens is 1. The van der Waals surface area contributed by atoms with Crippen LogP contribution in [0.4, 0.5) is 0 Å². The zero-order valence-electron chi connectivity index (χ0n) is 9.34. The quantitative estimate of drug-likeness (QED) is 0.838. The van der Waals surface area contributed by atoms with E-state index in [4.69, 9.17) is 22.1 Å². The fraction of sp³-hybridized carbons (Fsp3) is 0.364. The molecule has 1 rings (SSSR count). The van der Waals surface area contributed by atoms with Crippen LogP contribution < -0.4 is 15.8 Å². The van der Waals surface area contributed by atoms with Gasteiger partial charge in [-0.2, -0.15) is 0 Å². The van der Waals surface area contributed by atoms with Crippen molar-refractivity contribution in [2.45, 2.75) is 6.92 Å². The maximum absolute atomic E-state index is 11.8. The third kappa shape index (κ3) is 2.87. The van der Waals surface area contributed by atoms with Crippen molar-refractivity contribution in [2.75, 3.05) is 20.2 Å². The van der Waals surface area contributed by atoms with Crippen LogP contribution >= 0.6 is 11.6 Å². The van der Waals surface area contributed by atoms with Crippen LogP contribution in [0.5, 0.6) is 5.75 Å². The van der Waals surface area contributed by atoms with E-state index in [0.29, 0.717) is 29.4 Å². The first-order valence-corrected chi connectivity index (χ1v) is 5.30. The number of hydrogen-bond donors (Lipinski definition) is 2. The highest BCUT2D eigenvalue weighted by Crippen LogP contribution is 2.27. The third-order valence-corrected chi connectivity index (χ3v) is 2.34. The Kier molecular flexibility index (Phi) is 4.58. The molecule has 4 nitrogen and oxygen atoms in total. The van der Waals surface area contributed by atoms with Gasteiger partial charge in [0.05, 0.1) is 12.7 Å². The second-order valence-electron chi connectivity index (χ2n) is 3.35. The third-order valence-electron chi connectivity index (χ3n) is 2.12. The minimum atomic E-state index is -0.229. The van der Waals surface area contributed by atoms with Crippen molar-refractivity contribution in [3.05, 3.63) is 28.3 Å². The van der Waals surface area contributed by atoms with Crippen LogP contribution in [0.25, 0.3) is 0 Å². The van der Waals surface area contributed by atoms with Gasteiger partial charge in [-0.1, -0.05) is 11.6 Å². The molecule has 3 N–H and O–H groups in total. The largest absolute Gasteiger partial charge is 0.496 e. The molecule has 0 radical (unpaired) electrons. The summed E-state index contributed by atoms with van der Waals surface area (Å²) >= 11 is 5.90. The molecule has 16 heavy (non-hydrogen) atoms. The zero-order chi connectivity index (χ0) is 12.1. The smallest absolute Gasteiger partial charge is 0.255 e. The highest BCUT2D eigenvalue weighted by molar-refractivity contribution is 6.31. The lowest BCUT2D eigenvalue weighted by molar-refractivity contribution is 0.0951. The molecule has 0 aliphatic carbocycles. The van der Waals surface area contributed by atoms with Crippen molar-refractivity contribution in [3.63, 3.8) is 0 Å². The number of carbonyl (C=O) groups excluding carboxylic acids is 1. The molecule has 0 aliphatic rings. The second-order valence-corrected chi connectivity index (χ2v) is 3.78. The van der Waals surface area contributed by atoms with E-state index >= 15 is 0 Å². The number of benzene rings is 1. The van der Waals surface area contributed by atoms with Gasteiger partial charge in [-0.15, -0.1) is 0 Å². The molecule has 0 aliphatic heterocycles. The van der Waals surface area contributed by atoms with Crippen LogP contribution in [0, 0.1) is 6.92 Å². The lowest BCUT2D eigenvalue weighted by atomic mass is 10.1. The topological polar surface area (TPSA) is 64.3 Å². The van der Waals surface area contributed by atoms with Gasteiger partial charge in [-0.3, -0.25) is 4.79 Å². The Balaban J connectivity index is 3.05. The molecule has 0 bridgehead atoms. The van der Waals surface area contributed by atoms with Gasteiger partial charge in [0.1, 0.15) is 5.75 Å². The number of rotatable bonds is 4. The lowest BCUT2D eigenvalue weighted by Gasteiger charge is -2.11. The Bertz CT molecular complexity index is 394. The highest BCUT2D eigenvalue weighted by Gasteiger charge is 2.14. The number of carbonyl (C=O) groups is 1. The fourth-order valence-corrected chi connectivity index (χ4v) is 1.72. The number of hydrogen-bond acceptors (Lipinski definition) is 3. The minimum Gasteiger partial charge on any atom is -0.496 e. The second kappa shape index (κ2) is 5.72. The van der Waals surface area contributed by atoms with Crippen molar-refractivity contribution < 1.29 is 9.53 Å². The molecule has 88 valence electrons. The number of amides is 1. The molecule has 0 unspecified atom stereocenters. The van der Waals surface area contributed by atoms with Crippen LogP contribution in [0.1, 0.15) is 15.9 Å². The number of aryl methyl sites for hydroxylation is 1. The molecule has 0 fully saturated rings.